The molecule has 202 valence electrons. The summed E-state index contributed by atoms with van der Waals surface area (Å²) in [6, 6.07) is 18.5. The van der Waals surface area contributed by atoms with Gasteiger partial charge in [-0.25, -0.2) is 8.42 Å². The van der Waals surface area contributed by atoms with Crippen molar-refractivity contribution in [2.24, 2.45) is 0 Å². The van der Waals surface area contributed by atoms with Gasteiger partial charge in [-0.15, -0.1) is 0 Å². The maximum Gasteiger partial charge on any atom is 0.264 e. The first-order chi connectivity index (χ1) is 18.1. The zero-order chi connectivity index (χ0) is 27.9. The molecule has 0 spiro atoms. The van der Waals surface area contributed by atoms with Crippen LogP contribution in [0.1, 0.15) is 12.5 Å². The van der Waals surface area contributed by atoms with Gasteiger partial charge in [-0.1, -0.05) is 41.9 Å². The van der Waals surface area contributed by atoms with Gasteiger partial charge in [0.05, 0.1) is 24.8 Å². The van der Waals surface area contributed by atoms with Crippen LogP contribution in [-0.2, 0) is 26.2 Å². The van der Waals surface area contributed by atoms with Gasteiger partial charge in [-0.05, 0) is 48.9 Å². The van der Waals surface area contributed by atoms with Crippen LogP contribution in [0.4, 0.5) is 5.69 Å². The maximum absolute atomic E-state index is 13.9. The monoisotopic (exact) mass is 559 g/mol. The van der Waals surface area contributed by atoms with Gasteiger partial charge in [0.2, 0.25) is 11.8 Å². The van der Waals surface area contributed by atoms with Crippen LogP contribution in [0.2, 0.25) is 5.02 Å². The largest absolute Gasteiger partial charge is 0.493 e. The molecule has 0 bridgehead atoms. The Morgan fingerprint density at radius 2 is 1.63 bits per heavy atom. The molecule has 0 aromatic heterocycles. The molecule has 2 amide bonds. The first-order valence-electron chi connectivity index (χ1n) is 11.7. The minimum absolute atomic E-state index is 0.0486. The van der Waals surface area contributed by atoms with E-state index in [-0.39, 0.29) is 22.9 Å². The number of halogens is 1. The molecule has 0 aliphatic rings. The van der Waals surface area contributed by atoms with E-state index in [4.69, 9.17) is 21.1 Å². The van der Waals surface area contributed by atoms with Gasteiger partial charge in [-0.3, -0.25) is 13.9 Å². The Labute approximate surface area is 228 Å². The van der Waals surface area contributed by atoms with Crippen LogP contribution in [0, 0.1) is 0 Å². The standard InChI is InChI=1S/C27H30ClN3O6S/c1-19(27(33)29-2)30(17-20-9-8-10-21(28)15-20)26(32)18-31(22-11-6-5-7-12-22)38(34,35)23-13-14-24(36-3)25(16-23)37-4/h5-16,19H,17-18H2,1-4H3,(H,29,33). The molecule has 0 radical (unpaired) electrons. The number of benzene rings is 3. The van der Waals surface area contributed by atoms with Crippen molar-refractivity contribution < 1.29 is 27.5 Å². The molecular formula is C27H30ClN3O6S. The van der Waals surface area contributed by atoms with Crippen LogP contribution in [-0.4, -0.2) is 59.0 Å². The molecule has 0 saturated carbocycles. The Kier molecular flexibility index (Phi) is 9.60. The van der Waals surface area contributed by atoms with Crippen molar-refractivity contribution in [2.45, 2.75) is 24.4 Å². The Balaban J connectivity index is 2.04. The summed E-state index contributed by atoms with van der Waals surface area (Å²) >= 11 is 6.13. The minimum Gasteiger partial charge on any atom is -0.493 e. The van der Waals surface area contributed by atoms with Crippen molar-refractivity contribution >= 4 is 39.1 Å². The van der Waals surface area contributed by atoms with Gasteiger partial charge in [0.1, 0.15) is 12.6 Å². The summed E-state index contributed by atoms with van der Waals surface area (Å²) in [6.45, 7) is 1.08. The maximum atomic E-state index is 13.9. The number of carbonyl (C=O) groups is 2. The van der Waals surface area contributed by atoms with E-state index >= 15 is 0 Å². The molecule has 0 fully saturated rings. The first kappa shape index (κ1) is 28.8. The summed E-state index contributed by atoms with van der Waals surface area (Å²) in [6.07, 6.45) is 0. The van der Waals surface area contributed by atoms with Crippen molar-refractivity contribution in [2.75, 3.05) is 32.1 Å². The fraction of sp³-hybridized carbons (Fsp3) is 0.259. The number of methoxy groups -OCH3 is 2. The minimum atomic E-state index is -4.24. The number of hydrogen-bond acceptors (Lipinski definition) is 6. The fourth-order valence-corrected chi connectivity index (χ4v) is 5.49. The highest BCUT2D eigenvalue weighted by molar-refractivity contribution is 7.92. The number of rotatable bonds is 11. The molecule has 0 aliphatic carbocycles. The number of para-hydroxylation sites is 1. The Morgan fingerprint density at radius 3 is 2.24 bits per heavy atom. The molecule has 0 aliphatic heterocycles. The summed E-state index contributed by atoms with van der Waals surface area (Å²) in [5, 5.41) is 3.02. The molecule has 1 atom stereocenters. The van der Waals surface area contributed by atoms with Gasteiger partial charge >= 0.3 is 0 Å². The highest BCUT2D eigenvalue weighted by atomic mass is 35.5. The second-order valence-electron chi connectivity index (χ2n) is 8.31. The lowest BCUT2D eigenvalue weighted by molar-refractivity contribution is -0.139. The predicted molar refractivity (Wildman–Crippen MR) is 146 cm³/mol. The zero-order valence-electron chi connectivity index (χ0n) is 21.5. The van der Waals surface area contributed by atoms with Crippen LogP contribution >= 0.6 is 11.6 Å². The summed E-state index contributed by atoms with van der Waals surface area (Å²) < 4.78 is 39.3. The van der Waals surface area contributed by atoms with Crippen LogP contribution < -0.4 is 19.1 Å². The lowest BCUT2D eigenvalue weighted by Gasteiger charge is -2.31. The second-order valence-corrected chi connectivity index (χ2v) is 10.6. The van der Waals surface area contributed by atoms with Crippen LogP contribution in [0.25, 0.3) is 0 Å². The van der Waals surface area contributed by atoms with E-state index in [0.717, 1.165) is 4.31 Å². The number of nitrogens with one attached hydrogen (secondary N) is 1. The molecule has 3 aromatic carbocycles. The molecule has 9 nitrogen and oxygen atoms in total. The molecule has 1 N–H and O–H groups in total. The molecule has 3 aromatic rings. The highest BCUT2D eigenvalue weighted by Gasteiger charge is 2.32. The van der Waals surface area contributed by atoms with E-state index in [1.165, 1.54) is 44.4 Å². The lowest BCUT2D eigenvalue weighted by atomic mass is 10.1. The predicted octanol–water partition coefficient (Wildman–Crippen LogP) is 3.72. The quantitative estimate of drug-likeness (QED) is 0.384. The third-order valence-electron chi connectivity index (χ3n) is 5.92. The van der Waals surface area contributed by atoms with Crippen LogP contribution in [0.15, 0.2) is 77.7 Å². The number of ether oxygens (including phenoxy) is 2. The van der Waals surface area contributed by atoms with E-state index in [9.17, 15) is 18.0 Å². The zero-order valence-corrected chi connectivity index (χ0v) is 23.1. The van der Waals surface area contributed by atoms with Gasteiger partial charge in [-0.2, -0.15) is 0 Å². The number of nitrogens with zero attached hydrogens (tertiary/aromatic N) is 2. The van der Waals surface area contributed by atoms with Crippen molar-refractivity contribution in [3.05, 3.63) is 83.4 Å². The average molecular weight is 560 g/mol. The number of amides is 2. The number of likely N-dealkylation sites (N-methyl/N-ethyl adjacent to an activating group) is 1. The summed E-state index contributed by atoms with van der Waals surface area (Å²) in [7, 11) is 0.0791. The van der Waals surface area contributed by atoms with Crippen LogP contribution in [0.3, 0.4) is 0 Å². The van der Waals surface area contributed by atoms with Crippen molar-refractivity contribution in [1.82, 2.24) is 10.2 Å². The lowest BCUT2D eigenvalue weighted by Crippen LogP contribution is -2.50. The molecule has 1 unspecified atom stereocenters. The number of hydrogen-bond donors (Lipinski definition) is 1. The average Bonchev–Trinajstić information content (AvgIpc) is 2.93. The highest BCUT2D eigenvalue weighted by Crippen LogP contribution is 2.32. The summed E-state index contributed by atoms with van der Waals surface area (Å²) in [5.41, 5.74) is 0.974. The SMILES string of the molecule is CNC(=O)C(C)N(Cc1cccc(Cl)c1)C(=O)CN(c1ccccc1)S(=O)(=O)c1ccc(OC)c(OC)c1. The molecule has 38 heavy (non-hydrogen) atoms. The number of sulfonamides is 1. The van der Waals surface area contributed by atoms with Gasteiger partial charge in [0.15, 0.2) is 11.5 Å². The van der Waals surface area contributed by atoms with E-state index in [1.54, 1.807) is 61.5 Å². The van der Waals surface area contributed by atoms with Gasteiger partial charge in [0.25, 0.3) is 10.0 Å². The Bertz CT molecular complexity index is 1380. The van der Waals surface area contributed by atoms with E-state index in [1.807, 2.05) is 0 Å². The summed E-state index contributed by atoms with van der Waals surface area (Å²) in [5.74, 6) is -0.381. The van der Waals surface area contributed by atoms with Gasteiger partial charge in [0, 0.05) is 24.7 Å². The van der Waals surface area contributed by atoms with Crippen molar-refractivity contribution in [3.63, 3.8) is 0 Å². The first-order valence-corrected chi connectivity index (χ1v) is 13.5. The Morgan fingerprint density at radius 1 is 0.947 bits per heavy atom. The number of anilines is 1. The third-order valence-corrected chi connectivity index (χ3v) is 7.93. The summed E-state index contributed by atoms with van der Waals surface area (Å²) in [4.78, 5) is 27.5. The second kappa shape index (κ2) is 12.7. The molecule has 0 heterocycles. The van der Waals surface area contributed by atoms with Crippen molar-refractivity contribution in [3.8, 4) is 11.5 Å². The van der Waals surface area contributed by atoms with Crippen LogP contribution in [0.5, 0.6) is 11.5 Å². The van der Waals surface area contributed by atoms with E-state index in [2.05, 4.69) is 5.32 Å². The molecule has 3 rings (SSSR count). The van der Waals surface area contributed by atoms with E-state index in [0.29, 0.717) is 16.3 Å². The Hall–Kier alpha value is -3.76. The van der Waals surface area contributed by atoms with Gasteiger partial charge < -0.3 is 19.7 Å². The topological polar surface area (TPSA) is 105 Å². The number of carbonyl (C=O) groups excluding carboxylic acids is 2. The fourth-order valence-electron chi connectivity index (χ4n) is 3.85. The third kappa shape index (κ3) is 6.56. The smallest absolute Gasteiger partial charge is 0.264 e. The molecule has 11 heteroatoms. The normalized spacial score (nSPS) is 11.8. The molecular weight excluding hydrogens is 530 g/mol. The van der Waals surface area contributed by atoms with E-state index < -0.39 is 34.4 Å². The molecule has 0 saturated heterocycles. The van der Waals surface area contributed by atoms with Crippen molar-refractivity contribution in [1.29, 1.82) is 0 Å².